The first kappa shape index (κ1) is 13.1. The Labute approximate surface area is 98.7 Å². The first-order chi connectivity index (χ1) is 7.88. The van der Waals surface area contributed by atoms with E-state index >= 15 is 0 Å². The van der Waals surface area contributed by atoms with Crippen molar-refractivity contribution >= 4 is 0 Å². The fourth-order valence-electron chi connectivity index (χ4n) is 1.79. The maximum atomic E-state index is 4.09. The molecule has 0 aromatic carbocycles. The minimum atomic E-state index is 0.424. The second-order valence-electron chi connectivity index (χ2n) is 4.17. The molecule has 3 heteroatoms. The molecule has 0 amide bonds. The highest BCUT2D eigenvalue weighted by Gasteiger charge is 2.10. The lowest BCUT2D eigenvalue weighted by Crippen LogP contribution is -2.22. The topological polar surface area (TPSA) is 37.8 Å². The smallest absolute Gasteiger partial charge is 0.115 e. The third-order valence-electron chi connectivity index (χ3n) is 2.72. The molecule has 3 nitrogen and oxygen atoms in total. The van der Waals surface area contributed by atoms with Crippen molar-refractivity contribution in [2.45, 2.75) is 52.0 Å². The van der Waals surface area contributed by atoms with Gasteiger partial charge in [0.05, 0.1) is 0 Å². The molecule has 0 aliphatic heterocycles. The van der Waals surface area contributed by atoms with Crippen molar-refractivity contribution in [1.82, 2.24) is 15.3 Å². The summed E-state index contributed by atoms with van der Waals surface area (Å²) in [5.74, 6) is 0. The zero-order valence-electron chi connectivity index (χ0n) is 10.4. The van der Waals surface area contributed by atoms with Gasteiger partial charge in [0.25, 0.3) is 0 Å². The average molecular weight is 221 g/mol. The lowest BCUT2D eigenvalue weighted by Gasteiger charge is -2.17. The fraction of sp³-hybridized carbons (Fsp3) is 0.692. The number of rotatable bonds is 8. The molecule has 1 unspecified atom stereocenters. The summed E-state index contributed by atoms with van der Waals surface area (Å²) in [6.45, 7) is 5.49. The summed E-state index contributed by atoms with van der Waals surface area (Å²) < 4.78 is 0. The molecule has 90 valence electrons. The first-order valence-electron chi connectivity index (χ1n) is 6.36. The Kier molecular flexibility index (Phi) is 6.74. The Hall–Kier alpha value is -0.960. The zero-order valence-corrected chi connectivity index (χ0v) is 10.4. The molecule has 16 heavy (non-hydrogen) atoms. The molecule has 1 rings (SSSR count). The van der Waals surface area contributed by atoms with Gasteiger partial charge in [0, 0.05) is 24.0 Å². The summed E-state index contributed by atoms with van der Waals surface area (Å²) >= 11 is 0. The molecule has 0 spiro atoms. The van der Waals surface area contributed by atoms with E-state index in [9.17, 15) is 0 Å². The Bertz CT molecular complexity index is 261. The predicted molar refractivity (Wildman–Crippen MR) is 67.2 cm³/mol. The number of nitrogens with one attached hydrogen (secondary N) is 1. The molecule has 1 heterocycles. The summed E-state index contributed by atoms with van der Waals surface area (Å²) in [6, 6.07) is 0.424. The van der Waals surface area contributed by atoms with Crippen molar-refractivity contribution in [3.8, 4) is 0 Å². The predicted octanol–water partition coefficient (Wildman–Crippen LogP) is 3.10. The van der Waals surface area contributed by atoms with Crippen LogP contribution in [-0.2, 0) is 0 Å². The molecule has 1 aromatic heterocycles. The molecule has 0 fully saturated rings. The van der Waals surface area contributed by atoms with Crippen LogP contribution in [0.4, 0.5) is 0 Å². The van der Waals surface area contributed by atoms with Crippen LogP contribution in [0.15, 0.2) is 18.7 Å². The van der Waals surface area contributed by atoms with Crippen LogP contribution in [-0.4, -0.2) is 16.5 Å². The minimum Gasteiger partial charge on any atom is -0.310 e. The van der Waals surface area contributed by atoms with Crippen LogP contribution in [0.5, 0.6) is 0 Å². The number of unbranched alkanes of at least 4 members (excludes halogenated alkanes) is 2. The molecule has 1 atom stereocenters. The Morgan fingerprint density at radius 3 is 2.50 bits per heavy atom. The monoisotopic (exact) mass is 221 g/mol. The van der Waals surface area contributed by atoms with Crippen LogP contribution in [0.25, 0.3) is 0 Å². The van der Waals surface area contributed by atoms with Gasteiger partial charge < -0.3 is 5.32 Å². The van der Waals surface area contributed by atoms with E-state index in [4.69, 9.17) is 0 Å². The van der Waals surface area contributed by atoms with Crippen LogP contribution in [0, 0.1) is 0 Å². The normalized spacial score (nSPS) is 12.6. The third-order valence-corrected chi connectivity index (χ3v) is 2.72. The lowest BCUT2D eigenvalue weighted by molar-refractivity contribution is 0.472. The summed E-state index contributed by atoms with van der Waals surface area (Å²) in [6.07, 6.45) is 11.6. The van der Waals surface area contributed by atoms with Crippen molar-refractivity contribution in [3.63, 3.8) is 0 Å². The maximum Gasteiger partial charge on any atom is 0.115 e. The lowest BCUT2D eigenvalue weighted by atomic mass is 10.0. The van der Waals surface area contributed by atoms with E-state index in [1.54, 1.807) is 6.33 Å². The molecule has 1 aromatic rings. The van der Waals surface area contributed by atoms with Gasteiger partial charge in [-0.15, -0.1) is 0 Å². The van der Waals surface area contributed by atoms with Gasteiger partial charge in [-0.05, 0) is 19.4 Å². The second-order valence-corrected chi connectivity index (χ2v) is 4.17. The van der Waals surface area contributed by atoms with Crippen molar-refractivity contribution in [3.05, 3.63) is 24.3 Å². The van der Waals surface area contributed by atoms with Gasteiger partial charge in [0.1, 0.15) is 6.33 Å². The second kappa shape index (κ2) is 8.22. The standard InChI is InChI=1S/C13H23N3/c1-3-5-6-7-13(16-8-4-2)12-9-14-11-15-10-12/h9-11,13,16H,3-8H2,1-2H3. The first-order valence-corrected chi connectivity index (χ1v) is 6.36. The SMILES string of the molecule is CCCCCC(NCCC)c1cncnc1. The molecular formula is C13H23N3. The van der Waals surface area contributed by atoms with Gasteiger partial charge in [-0.2, -0.15) is 0 Å². The maximum absolute atomic E-state index is 4.09. The quantitative estimate of drug-likeness (QED) is 0.685. The van der Waals surface area contributed by atoms with Gasteiger partial charge in [-0.25, -0.2) is 9.97 Å². The van der Waals surface area contributed by atoms with E-state index < -0.39 is 0 Å². The van der Waals surface area contributed by atoms with E-state index in [0.29, 0.717) is 6.04 Å². The van der Waals surface area contributed by atoms with Gasteiger partial charge in [-0.1, -0.05) is 33.1 Å². The summed E-state index contributed by atoms with van der Waals surface area (Å²) in [7, 11) is 0. The van der Waals surface area contributed by atoms with Gasteiger partial charge in [-0.3, -0.25) is 0 Å². The van der Waals surface area contributed by atoms with Crippen LogP contribution in [0.3, 0.4) is 0 Å². The molecule has 0 aliphatic rings. The van der Waals surface area contributed by atoms with E-state index in [-0.39, 0.29) is 0 Å². The van der Waals surface area contributed by atoms with E-state index in [2.05, 4.69) is 29.1 Å². The Balaban J connectivity index is 2.49. The molecule has 1 N–H and O–H groups in total. The van der Waals surface area contributed by atoms with E-state index in [1.807, 2.05) is 12.4 Å². The fourth-order valence-corrected chi connectivity index (χ4v) is 1.79. The molecule has 0 radical (unpaired) electrons. The third kappa shape index (κ3) is 4.71. The van der Waals surface area contributed by atoms with Gasteiger partial charge in [0.2, 0.25) is 0 Å². The number of aromatic nitrogens is 2. The summed E-state index contributed by atoms with van der Waals surface area (Å²) in [5, 5.41) is 3.56. The van der Waals surface area contributed by atoms with E-state index in [1.165, 1.54) is 31.2 Å². The molecular weight excluding hydrogens is 198 g/mol. The number of nitrogens with zero attached hydrogens (tertiary/aromatic N) is 2. The zero-order chi connectivity index (χ0) is 11.6. The van der Waals surface area contributed by atoms with E-state index in [0.717, 1.165) is 13.0 Å². The van der Waals surface area contributed by atoms with Crippen LogP contribution >= 0.6 is 0 Å². The Morgan fingerprint density at radius 1 is 1.12 bits per heavy atom. The molecule has 0 saturated carbocycles. The van der Waals surface area contributed by atoms with Crippen molar-refractivity contribution < 1.29 is 0 Å². The Morgan fingerprint density at radius 2 is 1.88 bits per heavy atom. The molecule has 0 bridgehead atoms. The number of hydrogen-bond acceptors (Lipinski definition) is 3. The molecule has 0 aliphatic carbocycles. The summed E-state index contributed by atoms with van der Waals surface area (Å²) in [5.41, 5.74) is 1.21. The van der Waals surface area contributed by atoms with Crippen molar-refractivity contribution in [1.29, 1.82) is 0 Å². The van der Waals surface area contributed by atoms with Gasteiger partial charge in [0.15, 0.2) is 0 Å². The highest BCUT2D eigenvalue weighted by Crippen LogP contribution is 2.18. The van der Waals surface area contributed by atoms with Crippen LogP contribution in [0.2, 0.25) is 0 Å². The highest BCUT2D eigenvalue weighted by atomic mass is 14.9. The van der Waals surface area contributed by atoms with Crippen LogP contribution in [0.1, 0.15) is 57.6 Å². The van der Waals surface area contributed by atoms with Gasteiger partial charge >= 0.3 is 0 Å². The highest BCUT2D eigenvalue weighted by molar-refractivity contribution is 5.08. The molecule has 0 saturated heterocycles. The number of hydrogen-bond donors (Lipinski definition) is 1. The van der Waals surface area contributed by atoms with Crippen molar-refractivity contribution in [2.75, 3.05) is 6.54 Å². The van der Waals surface area contributed by atoms with Crippen molar-refractivity contribution in [2.24, 2.45) is 0 Å². The summed E-state index contributed by atoms with van der Waals surface area (Å²) in [4.78, 5) is 8.18. The average Bonchev–Trinajstić information content (AvgIpc) is 2.35. The van der Waals surface area contributed by atoms with Crippen LogP contribution < -0.4 is 5.32 Å². The minimum absolute atomic E-state index is 0.424. The largest absolute Gasteiger partial charge is 0.310 e.